The van der Waals surface area contributed by atoms with Gasteiger partial charge >= 0.3 is 0 Å². The number of benzene rings is 2. The monoisotopic (exact) mass is 274 g/mol. The number of carbonyl (C=O) groups is 1. The van der Waals surface area contributed by atoms with Gasteiger partial charge in [0.15, 0.2) is 17.3 Å². The van der Waals surface area contributed by atoms with Gasteiger partial charge in [0.1, 0.15) is 5.75 Å². The number of methoxy groups -OCH3 is 2. The fourth-order valence-corrected chi connectivity index (χ4v) is 1.96. The van der Waals surface area contributed by atoms with E-state index in [-0.39, 0.29) is 11.5 Å². The number of halogens is 1. The zero-order valence-electron chi connectivity index (χ0n) is 11.6. The van der Waals surface area contributed by atoms with Crippen molar-refractivity contribution >= 4 is 5.78 Å². The molecule has 0 amide bonds. The molecule has 20 heavy (non-hydrogen) atoms. The summed E-state index contributed by atoms with van der Waals surface area (Å²) >= 11 is 0. The quantitative estimate of drug-likeness (QED) is 0.802. The van der Waals surface area contributed by atoms with Gasteiger partial charge in [-0.25, -0.2) is 4.39 Å². The molecular weight excluding hydrogens is 259 g/mol. The summed E-state index contributed by atoms with van der Waals surface area (Å²) in [6.45, 7) is 1.89. The maximum Gasteiger partial charge on any atom is 0.196 e. The molecule has 0 unspecified atom stereocenters. The van der Waals surface area contributed by atoms with Gasteiger partial charge in [-0.2, -0.15) is 0 Å². The molecule has 104 valence electrons. The van der Waals surface area contributed by atoms with Crippen molar-refractivity contribution in [1.82, 2.24) is 0 Å². The summed E-state index contributed by atoms with van der Waals surface area (Å²) in [6.07, 6.45) is 0. The molecule has 0 bridgehead atoms. The molecule has 0 aromatic heterocycles. The number of hydrogen-bond donors (Lipinski definition) is 0. The van der Waals surface area contributed by atoms with Crippen LogP contribution in [0.5, 0.6) is 11.5 Å². The zero-order chi connectivity index (χ0) is 14.7. The van der Waals surface area contributed by atoms with Crippen LogP contribution < -0.4 is 9.47 Å². The minimum Gasteiger partial charge on any atom is -0.496 e. The molecule has 0 aliphatic rings. The van der Waals surface area contributed by atoms with E-state index in [4.69, 9.17) is 9.47 Å². The molecule has 3 nitrogen and oxygen atoms in total. The first-order chi connectivity index (χ1) is 9.56. The molecular formula is C16H15FO3. The Hall–Kier alpha value is -2.36. The highest BCUT2D eigenvalue weighted by atomic mass is 19.1. The van der Waals surface area contributed by atoms with Gasteiger partial charge in [0.05, 0.1) is 19.8 Å². The largest absolute Gasteiger partial charge is 0.496 e. The molecule has 0 aliphatic carbocycles. The van der Waals surface area contributed by atoms with E-state index in [0.29, 0.717) is 16.9 Å². The van der Waals surface area contributed by atoms with Crippen molar-refractivity contribution in [3.05, 3.63) is 58.9 Å². The summed E-state index contributed by atoms with van der Waals surface area (Å²) in [6, 6.07) is 9.39. The molecule has 0 fully saturated rings. The molecule has 2 rings (SSSR count). The average molecular weight is 274 g/mol. The standard InChI is InChI=1S/C16H15FO3/c1-10-4-7-14(19-2)12(8-10)16(18)11-5-6-13(17)15(9-11)20-3/h4-9H,1-3H3. The number of ketones is 1. The Balaban J connectivity index is 2.48. The van der Waals surface area contributed by atoms with Gasteiger partial charge in [0.2, 0.25) is 0 Å². The summed E-state index contributed by atoms with van der Waals surface area (Å²) in [5.74, 6) is -0.199. The lowest BCUT2D eigenvalue weighted by Gasteiger charge is -2.10. The topological polar surface area (TPSA) is 35.5 Å². The Bertz CT molecular complexity index is 650. The summed E-state index contributed by atoms with van der Waals surface area (Å²) in [5.41, 5.74) is 1.75. The van der Waals surface area contributed by atoms with Crippen molar-refractivity contribution in [3.63, 3.8) is 0 Å². The van der Waals surface area contributed by atoms with E-state index in [1.165, 1.54) is 32.4 Å². The summed E-state index contributed by atoms with van der Waals surface area (Å²) in [4.78, 5) is 12.5. The number of hydrogen-bond acceptors (Lipinski definition) is 3. The van der Waals surface area contributed by atoms with Crippen molar-refractivity contribution in [1.29, 1.82) is 0 Å². The third-order valence-corrected chi connectivity index (χ3v) is 3.01. The first kappa shape index (κ1) is 14.1. The van der Waals surface area contributed by atoms with Gasteiger partial charge in [-0.1, -0.05) is 11.6 Å². The van der Waals surface area contributed by atoms with E-state index in [9.17, 15) is 9.18 Å². The molecule has 2 aromatic carbocycles. The maximum atomic E-state index is 13.4. The Morgan fingerprint density at radius 1 is 1.00 bits per heavy atom. The van der Waals surface area contributed by atoms with Crippen molar-refractivity contribution in [3.8, 4) is 11.5 Å². The van der Waals surface area contributed by atoms with Crippen LogP contribution in [0.15, 0.2) is 36.4 Å². The predicted octanol–water partition coefficient (Wildman–Crippen LogP) is 3.38. The van der Waals surface area contributed by atoms with Crippen LogP contribution in [0.1, 0.15) is 21.5 Å². The number of rotatable bonds is 4. The first-order valence-corrected chi connectivity index (χ1v) is 6.09. The van der Waals surface area contributed by atoms with E-state index in [1.54, 1.807) is 12.1 Å². The second-order valence-electron chi connectivity index (χ2n) is 4.38. The SMILES string of the molecule is COc1cc(C(=O)c2cc(C)ccc2OC)ccc1F. The fourth-order valence-electron chi connectivity index (χ4n) is 1.96. The lowest BCUT2D eigenvalue weighted by Crippen LogP contribution is -2.05. The van der Waals surface area contributed by atoms with Crippen LogP contribution in [0.3, 0.4) is 0 Å². The number of carbonyl (C=O) groups excluding carboxylic acids is 1. The van der Waals surface area contributed by atoms with Gasteiger partial charge in [-0.3, -0.25) is 4.79 Å². The van der Waals surface area contributed by atoms with Crippen LogP contribution in [0.4, 0.5) is 4.39 Å². The molecule has 0 saturated carbocycles. The molecule has 0 N–H and O–H groups in total. The van der Waals surface area contributed by atoms with E-state index in [2.05, 4.69) is 0 Å². The Labute approximate surface area is 117 Å². The smallest absolute Gasteiger partial charge is 0.196 e. The maximum absolute atomic E-state index is 13.4. The highest BCUT2D eigenvalue weighted by molar-refractivity contribution is 6.11. The third kappa shape index (κ3) is 2.64. The van der Waals surface area contributed by atoms with Crippen molar-refractivity contribution in [2.45, 2.75) is 6.92 Å². The lowest BCUT2D eigenvalue weighted by atomic mass is 10.0. The fraction of sp³-hybridized carbons (Fsp3) is 0.188. The minimum atomic E-state index is -0.500. The van der Waals surface area contributed by atoms with Gasteiger partial charge < -0.3 is 9.47 Å². The van der Waals surface area contributed by atoms with Crippen LogP contribution in [-0.2, 0) is 0 Å². The van der Waals surface area contributed by atoms with Crippen LogP contribution in [0.2, 0.25) is 0 Å². The van der Waals surface area contributed by atoms with Gasteiger partial charge in [0.25, 0.3) is 0 Å². The van der Waals surface area contributed by atoms with Crippen molar-refractivity contribution in [2.75, 3.05) is 14.2 Å². The molecule has 0 aliphatic heterocycles. The molecule has 0 saturated heterocycles. The molecule has 0 spiro atoms. The van der Waals surface area contributed by atoms with E-state index in [0.717, 1.165) is 5.56 Å². The van der Waals surface area contributed by atoms with Crippen molar-refractivity contribution < 1.29 is 18.7 Å². The second-order valence-corrected chi connectivity index (χ2v) is 4.38. The van der Waals surface area contributed by atoms with Crippen LogP contribution in [0, 0.1) is 12.7 Å². The summed E-state index contributed by atoms with van der Waals surface area (Å²) in [7, 11) is 2.87. The molecule has 0 heterocycles. The Morgan fingerprint density at radius 2 is 1.70 bits per heavy atom. The number of ether oxygens (including phenoxy) is 2. The summed E-state index contributed by atoms with van der Waals surface area (Å²) in [5, 5.41) is 0. The normalized spacial score (nSPS) is 10.2. The minimum absolute atomic E-state index is 0.0440. The highest BCUT2D eigenvalue weighted by Crippen LogP contribution is 2.25. The molecule has 4 heteroatoms. The molecule has 2 aromatic rings. The van der Waals surface area contributed by atoms with Crippen LogP contribution in [0.25, 0.3) is 0 Å². The van der Waals surface area contributed by atoms with Gasteiger partial charge in [0, 0.05) is 5.56 Å². The highest BCUT2D eigenvalue weighted by Gasteiger charge is 2.16. The van der Waals surface area contributed by atoms with Crippen molar-refractivity contribution in [2.24, 2.45) is 0 Å². The van der Waals surface area contributed by atoms with Crippen LogP contribution in [-0.4, -0.2) is 20.0 Å². The Kier molecular flexibility index (Phi) is 4.03. The zero-order valence-corrected chi connectivity index (χ0v) is 11.6. The van der Waals surface area contributed by atoms with Crippen LogP contribution >= 0.6 is 0 Å². The van der Waals surface area contributed by atoms with E-state index < -0.39 is 5.82 Å². The average Bonchev–Trinajstić information content (AvgIpc) is 2.47. The summed E-state index contributed by atoms with van der Waals surface area (Å²) < 4.78 is 23.5. The second kappa shape index (κ2) is 5.74. The first-order valence-electron chi connectivity index (χ1n) is 6.09. The van der Waals surface area contributed by atoms with Gasteiger partial charge in [-0.15, -0.1) is 0 Å². The van der Waals surface area contributed by atoms with Gasteiger partial charge in [-0.05, 0) is 37.3 Å². The third-order valence-electron chi connectivity index (χ3n) is 3.01. The van der Waals surface area contributed by atoms with E-state index >= 15 is 0 Å². The Morgan fingerprint density at radius 3 is 2.35 bits per heavy atom. The molecule has 0 radical (unpaired) electrons. The lowest BCUT2D eigenvalue weighted by molar-refractivity contribution is 0.103. The molecule has 0 atom stereocenters. The predicted molar refractivity (Wildman–Crippen MR) is 74.1 cm³/mol. The number of aryl methyl sites for hydroxylation is 1. The van der Waals surface area contributed by atoms with E-state index in [1.807, 2.05) is 13.0 Å².